The van der Waals surface area contributed by atoms with Gasteiger partial charge in [-0.3, -0.25) is 9.59 Å². The van der Waals surface area contributed by atoms with Gasteiger partial charge in [-0.15, -0.1) is 0 Å². The zero-order valence-electron chi connectivity index (χ0n) is 9.83. The Hall–Kier alpha value is -0.630. The van der Waals surface area contributed by atoms with Crippen molar-refractivity contribution in [2.24, 2.45) is 0 Å². The van der Waals surface area contributed by atoms with E-state index in [0.717, 1.165) is 8.04 Å². The Morgan fingerprint density at radius 3 is 2.83 bits per heavy atom. The van der Waals surface area contributed by atoms with E-state index in [0.29, 0.717) is 24.9 Å². The third-order valence-electron chi connectivity index (χ3n) is 2.24. The van der Waals surface area contributed by atoms with Gasteiger partial charge in [0, 0.05) is 21.0 Å². The molecule has 98 valence electrons. The van der Waals surface area contributed by atoms with Crippen molar-refractivity contribution in [1.29, 1.82) is 0 Å². The van der Waals surface area contributed by atoms with E-state index in [1.54, 1.807) is 6.07 Å². The first-order valence-electron chi connectivity index (χ1n) is 5.34. The van der Waals surface area contributed by atoms with Gasteiger partial charge in [-0.1, -0.05) is 0 Å². The van der Waals surface area contributed by atoms with E-state index in [2.05, 4.69) is 48.6 Å². The van der Waals surface area contributed by atoms with Crippen molar-refractivity contribution in [2.45, 2.75) is 12.8 Å². The van der Waals surface area contributed by atoms with Gasteiger partial charge in [-0.2, -0.15) is 0 Å². The highest BCUT2D eigenvalue weighted by Gasteiger charge is 2.10. The van der Waals surface area contributed by atoms with E-state index < -0.39 is 0 Å². The van der Waals surface area contributed by atoms with E-state index in [4.69, 9.17) is 0 Å². The first-order valence-corrected chi connectivity index (χ1v) is 7.22. The predicted molar refractivity (Wildman–Crippen MR) is 80.4 cm³/mol. The van der Waals surface area contributed by atoms with E-state index in [9.17, 15) is 9.59 Å². The maximum absolute atomic E-state index is 11.9. The van der Waals surface area contributed by atoms with Crippen LogP contribution >= 0.6 is 38.5 Å². The van der Waals surface area contributed by atoms with Crippen molar-refractivity contribution in [3.63, 3.8) is 0 Å². The normalized spacial score (nSPS) is 9.94. The van der Waals surface area contributed by atoms with Crippen LogP contribution in [-0.4, -0.2) is 25.5 Å². The Morgan fingerprint density at radius 2 is 2.17 bits per heavy atom. The summed E-state index contributed by atoms with van der Waals surface area (Å²) in [5.74, 6) is -0.412. The lowest BCUT2D eigenvalue weighted by atomic mass is 10.2. The average molecular weight is 426 g/mol. The number of esters is 1. The lowest BCUT2D eigenvalue weighted by Gasteiger charge is -2.07. The van der Waals surface area contributed by atoms with Gasteiger partial charge in [0.2, 0.25) is 0 Å². The molecule has 1 aromatic rings. The highest BCUT2D eigenvalue weighted by Crippen LogP contribution is 2.19. The summed E-state index contributed by atoms with van der Waals surface area (Å²) in [6.45, 7) is 0.450. The van der Waals surface area contributed by atoms with Crippen molar-refractivity contribution in [1.82, 2.24) is 5.32 Å². The molecular weight excluding hydrogens is 413 g/mol. The fraction of sp³-hybridized carbons (Fsp3) is 0.333. The standard InChI is InChI=1S/C12H13BrINO3/c1-18-11(16)3-2-6-15-12(17)9-7-8(14)4-5-10(9)13/h4-5,7H,2-3,6H2,1H3,(H,15,17). The number of hydrogen-bond acceptors (Lipinski definition) is 3. The summed E-state index contributed by atoms with van der Waals surface area (Å²) >= 11 is 5.49. The van der Waals surface area contributed by atoms with Crippen LogP contribution in [0.3, 0.4) is 0 Å². The number of methoxy groups -OCH3 is 1. The SMILES string of the molecule is COC(=O)CCCNC(=O)c1cc(I)ccc1Br. The van der Waals surface area contributed by atoms with Crippen LogP contribution in [0.5, 0.6) is 0 Å². The minimum atomic E-state index is -0.264. The first kappa shape index (κ1) is 15.4. The van der Waals surface area contributed by atoms with E-state index in [1.165, 1.54) is 7.11 Å². The second kappa shape index (κ2) is 7.73. The summed E-state index contributed by atoms with van der Waals surface area (Å²) in [5, 5.41) is 2.77. The van der Waals surface area contributed by atoms with E-state index >= 15 is 0 Å². The average Bonchev–Trinajstić information content (AvgIpc) is 2.36. The van der Waals surface area contributed by atoms with Crippen LogP contribution < -0.4 is 5.32 Å². The molecule has 0 saturated carbocycles. The molecule has 4 nitrogen and oxygen atoms in total. The van der Waals surface area contributed by atoms with E-state index in [1.807, 2.05) is 12.1 Å². The van der Waals surface area contributed by atoms with Crippen molar-refractivity contribution in [3.05, 3.63) is 31.8 Å². The second-order valence-corrected chi connectivity index (χ2v) is 5.66. The topological polar surface area (TPSA) is 55.4 Å². The quantitative estimate of drug-likeness (QED) is 0.448. The molecule has 6 heteroatoms. The maximum Gasteiger partial charge on any atom is 0.305 e. The van der Waals surface area contributed by atoms with Crippen LogP contribution in [0.1, 0.15) is 23.2 Å². The largest absolute Gasteiger partial charge is 0.469 e. The third-order valence-corrected chi connectivity index (χ3v) is 3.61. The Balaban J connectivity index is 2.46. The number of rotatable bonds is 5. The molecule has 0 radical (unpaired) electrons. The third kappa shape index (κ3) is 4.93. The minimum absolute atomic E-state index is 0.148. The van der Waals surface area contributed by atoms with Crippen LogP contribution in [0.15, 0.2) is 22.7 Å². The maximum atomic E-state index is 11.9. The van der Waals surface area contributed by atoms with Gasteiger partial charge >= 0.3 is 5.97 Å². The molecule has 0 atom stereocenters. The molecule has 1 aromatic carbocycles. The summed E-state index contributed by atoms with van der Waals surface area (Å²) in [7, 11) is 1.35. The first-order chi connectivity index (χ1) is 8.54. The fourth-order valence-electron chi connectivity index (χ4n) is 1.30. The molecule has 1 N–H and O–H groups in total. The molecule has 0 bridgehead atoms. The van der Waals surface area contributed by atoms with Crippen LogP contribution in [0.2, 0.25) is 0 Å². The number of benzene rings is 1. The molecule has 1 amide bonds. The summed E-state index contributed by atoms with van der Waals surface area (Å²) in [5.41, 5.74) is 0.597. The van der Waals surface area contributed by atoms with Crippen molar-refractivity contribution in [2.75, 3.05) is 13.7 Å². The second-order valence-electron chi connectivity index (χ2n) is 3.56. The van der Waals surface area contributed by atoms with Crippen molar-refractivity contribution in [3.8, 4) is 0 Å². The molecule has 0 unspecified atom stereocenters. The molecule has 0 aromatic heterocycles. The van der Waals surface area contributed by atoms with Gasteiger partial charge in [-0.05, 0) is 63.1 Å². The van der Waals surface area contributed by atoms with Gasteiger partial charge in [0.1, 0.15) is 0 Å². The molecule has 0 aliphatic rings. The number of nitrogens with one attached hydrogen (secondary N) is 1. The van der Waals surface area contributed by atoms with Crippen LogP contribution in [0, 0.1) is 3.57 Å². The zero-order valence-corrected chi connectivity index (χ0v) is 13.6. The number of hydrogen-bond donors (Lipinski definition) is 1. The summed E-state index contributed by atoms with van der Waals surface area (Å²) in [6.07, 6.45) is 0.879. The summed E-state index contributed by atoms with van der Waals surface area (Å²) in [4.78, 5) is 22.8. The molecule has 0 spiro atoms. The van der Waals surface area contributed by atoms with Crippen molar-refractivity contribution < 1.29 is 14.3 Å². The Bertz CT molecular complexity index is 451. The molecule has 0 saturated heterocycles. The van der Waals surface area contributed by atoms with Crippen molar-refractivity contribution >= 4 is 50.4 Å². The molecular formula is C12H13BrINO3. The van der Waals surface area contributed by atoms with Gasteiger partial charge in [0.15, 0.2) is 0 Å². The van der Waals surface area contributed by atoms with Crippen LogP contribution in [0.4, 0.5) is 0 Å². The Kier molecular flexibility index (Phi) is 6.62. The Morgan fingerprint density at radius 1 is 1.44 bits per heavy atom. The minimum Gasteiger partial charge on any atom is -0.469 e. The van der Waals surface area contributed by atoms with Gasteiger partial charge in [0.05, 0.1) is 12.7 Å². The highest BCUT2D eigenvalue weighted by atomic mass is 127. The number of halogens is 2. The Labute approximate surface area is 128 Å². The number of carbonyl (C=O) groups is 2. The smallest absolute Gasteiger partial charge is 0.305 e. The van der Waals surface area contributed by atoms with Gasteiger partial charge < -0.3 is 10.1 Å². The van der Waals surface area contributed by atoms with Crippen LogP contribution in [-0.2, 0) is 9.53 Å². The van der Waals surface area contributed by atoms with Gasteiger partial charge in [0.25, 0.3) is 5.91 Å². The molecule has 0 aliphatic heterocycles. The monoisotopic (exact) mass is 425 g/mol. The number of ether oxygens (including phenoxy) is 1. The summed E-state index contributed by atoms with van der Waals surface area (Å²) < 4.78 is 6.27. The zero-order chi connectivity index (χ0) is 13.5. The lowest BCUT2D eigenvalue weighted by Crippen LogP contribution is -2.25. The summed E-state index contributed by atoms with van der Waals surface area (Å²) in [6, 6.07) is 5.56. The molecule has 0 fully saturated rings. The number of carbonyl (C=O) groups excluding carboxylic acids is 2. The predicted octanol–water partition coefficient (Wildman–Crippen LogP) is 2.74. The van der Waals surface area contributed by atoms with E-state index in [-0.39, 0.29) is 11.9 Å². The number of amides is 1. The highest BCUT2D eigenvalue weighted by molar-refractivity contribution is 14.1. The van der Waals surface area contributed by atoms with Crippen LogP contribution in [0.25, 0.3) is 0 Å². The van der Waals surface area contributed by atoms with Gasteiger partial charge in [-0.25, -0.2) is 0 Å². The molecule has 1 rings (SSSR count). The molecule has 18 heavy (non-hydrogen) atoms. The molecule has 0 aliphatic carbocycles. The molecule has 0 heterocycles. The lowest BCUT2D eigenvalue weighted by molar-refractivity contribution is -0.140. The fourth-order valence-corrected chi connectivity index (χ4v) is 2.22.